The number of furan rings is 1. The largest absolute Gasteiger partial charge is 0.456 e. The van der Waals surface area contributed by atoms with Gasteiger partial charge < -0.3 is 8.98 Å². The molecule has 3 heterocycles. The van der Waals surface area contributed by atoms with Gasteiger partial charge in [0, 0.05) is 44.1 Å². The minimum atomic E-state index is 0.916. The van der Waals surface area contributed by atoms with Crippen molar-refractivity contribution in [3.8, 4) is 16.3 Å². The quantitative estimate of drug-likeness (QED) is 0.228. The number of nitrogens with zero attached hydrogens (tertiary/aromatic N) is 2. The van der Waals surface area contributed by atoms with Gasteiger partial charge in [0.2, 0.25) is 0 Å². The monoisotopic (exact) mass is 518 g/mol. The van der Waals surface area contributed by atoms with Crippen molar-refractivity contribution in [1.82, 2.24) is 9.55 Å². The topological polar surface area (TPSA) is 31.0 Å². The van der Waals surface area contributed by atoms with Crippen molar-refractivity contribution >= 4 is 71.2 Å². The summed E-state index contributed by atoms with van der Waals surface area (Å²) in [5.41, 5.74) is 9.23. The molecule has 39 heavy (non-hydrogen) atoms. The van der Waals surface area contributed by atoms with E-state index in [2.05, 4.69) is 95.6 Å². The summed E-state index contributed by atoms with van der Waals surface area (Å²) in [7, 11) is 0. The van der Waals surface area contributed by atoms with Gasteiger partial charge in [0.15, 0.2) is 0 Å². The smallest absolute Gasteiger partial charge is 0.137 e. The summed E-state index contributed by atoms with van der Waals surface area (Å²) in [4.78, 5) is 5.03. The summed E-state index contributed by atoms with van der Waals surface area (Å²) in [6.45, 7) is 0. The first-order valence-corrected chi connectivity index (χ1v) is 14.2. The molecule has 0 bridgehead atoms. The Morgan fingerprint density at radius 2 is 1.59 bits per heavy atom. The van der Waals surface area contributed by atoms with Crippen LogP contribution in [0.25, 0.3) is 76.2 Å². The second-order valence-corrected chi connectivity index (χ2v) is 11.3. The van der Waals surface area contributed by atoms with Gasteiger partial charge in [-0.25, -0.2) is 4.98 Å². The van der Waals surface area contributed by atoms with E-state index in [1.54, 1.807) is 11.3 Å². The van der Waals surface area contributed by atoms with Crippen LogP contribution in [-0.4, -0.2) is 9.55 Å². The maximum Gasteiger partial charge on any atom is 0.137 e. The first kappa shape index (κ1) is 21.3. The van der Waals surface area contributed by atoms with Crippen molar-refractivity contribution in [1.29, 1.82) is 0 Å². The number of para-hydroxylation sites is 1. The van der Waals surface area contributed by atoms with Crippen LogP contribution < -0.4 is 0 Å². The number of aromatic nitrogens is 2. The fraction of sp³-hybridized carbons (Fsp3) is 0.0571. The summed E-state index contributed by atoms with van der Waals surface area (Å²) in [5.74, 6) is 0. The first-order valence-electron chi connectivity index (χ1n) is 13.4. The van der Waals surface area contributed by atoms with Gasteiger partial charge in [0.1, 0.15) is 16.2 Å². The second kappa shape index (κ2) is 7.92. The zero-order chi connectivity index (χ0) is 25.5. The van der Waals surface area contributed by atoms with Crippen molar-refractivity contribution in [2.75, 3.05) is 0 Å². The maximum atomic E-state index is 6.11. The highest BCUT2D eigenvalue weighted by atomic mass is 32.1. The zero-order valence-corrected chi connectivity index (χ0v) is 21.8. The first-order chi connectivity index (χ1) is 19.3. The molecule has 184 valence electrons. The molecule has 0 atom stereocenters. The van der Waals surface area contributed by atoms with E-state index in [4.69, 9.17) is 9.40 Å². The fourth-order valence-electron chi connectivity index (χ4n) is 6.33. The number of rotatable bonds is 2. The van der Waals surface area contributed by atoms with Crippen LogP contribution in [0, 0.1) is 0 Å². The molecule has 0 amide bonds. The Morgan fingerprint density at radius 3 is 2.51 bits per heavy atom. The molecule has 8 aromatic rings. The molecule has 0 fully saturated rings. The van der Waals surface area contributed by atoms with Crippen molar-refractivity contribution in [3.63, 3.8) is 0 Å². The molecular weight excluding hydrogens is 496 g/mol. The second-order valence-electron chi connectivity index (χ2n) is 10.3. The molecule has 1 aliphatic carbocycles. The number of fused-ring (bicyclic) bond motifs is 10. The van der Waals surface area contributed by atoms with E-state index in [1.165, 1.54) is 43.3 Å². The summed E-state index contributed by atoms with van der Waals surface area (Å²) >= 11 is 1.74. The molecule has 0 aliphatic heterocycles. The normalized spacial score (nSPS) is 13.3. The molecule has 0 saturated heterocycles. The van der Waals surface area contributed by atoms with E-state index in [0.29, 0.717) is 0 Å². The standard InChI is InChI=1S/C35H22N2OS/c1-2-8-24-21(7-1)15-18-26-25-9-3-5-11-29(25)37(33(24)26)23-16-13-22(14-17-23)35-36-28-19-20-31-32(34(28)39-35)27-10-4-6-12-30(27)38-31/h1-4,6-10,12-20H,5,11H2. The number of thiazole rings is 1. The van der Waals surface area contributed by atoms with Crippen LogP contribution in [0.4, 0.5) is 0 Å². The van der Waals surface area contributed by atoms with Crippen LogP contribution in [0.5, 0.6) is 0 Å². The molecule has 0 spiro atoms. The minimum absolute atomic E-state index is 0.916. The summed E-state index contributed by atoms with van der Waals surface area (Å²) < 4.78 is 9.78. The highest BCUT2D eigenvalue weighted by molar-refractivity contribution is 7.22. The lowest BCUT2D eigenvalue weighted by Crippen LogP contribution is -2.03. The van der Waals surface area contributed by atoms with Gasteiger partial charge in [-0.3, -0.25) is 0 Å². The van der Waals surface area contributed by atoms with E-state index >= 15 is 0 Å². The Kier molecular flexibility index (Phi) is 4.32. The van der Waals surface area contributed by atoms with Crippen molar-refractivity contribution in [3.05, 3.63) is 114 Å². The highest BCUT2D eigenvalue weighted by Gasteiger charge is 2.21. The van der Waals surface area contributed by atoms with Gasteiger partial charge in [0.25, 0.3) is 0 Å². The third-order valence-electron chi connectivity index (χ3n) is 8.10. The molecule has 3 nitrogen and oxygen atoms in total. The van der Waals surface area contributed by atoms with Gasteiger partial charge in [-0.05, 0) is 60.7 Å². The molecule has 1 aliphatic rings. The Hall–Kier alpha value is -4.67. The third-order valence-corrected chi connectivity index (χ3v) is 9.23. The van der Waals surface area contributed by atoms with Gasteiger partial charge in [0.05, 0.1) is 15.7 Å². The minimum Gasteiger partial charge on any atom is -0.456 e. The summed E-state index contributed by atoms with van der Waals surface area (Å²) in [5, 5.41) is 7.23. The van der Waals surface area contributed by atoms with E-state index in [-0.39, 0.29) is 0 Å². The Bertz CT molecular complexity index is 2280. The van der Waals surface area contributed by atoms with Crippen LogP contribution >= 0.6 is 11.3 Å². The van der Waals surface area contributed by atoms with Gasteiger partial charge >= 0.3 is 0 Å². The molecule has 0 radical (unpaired) electrons. The maximum absolute atomic E-state index is 6.11. The lowest BCUT2D eigenvalue weighted by atomic mass is 10.0. The molecule has 0 N–H and O–H groups in total. The molecule has 3 aromatic heterocycles. The summed E-state index contributed by atoms with van der Waals surface area (Å²) in [6, 6.07) is 34.6. The van der Waals surface area contributed by atoms with E-state index in [1.807, 2.05) is 18.2 Å². The SMILES string of the molecule is C1=Cc2c(n(-c3ccc(-c4nc5ccc6oc7ccccc7c6c5s4)cc3)c3c2ccc2ccccc23)CC1. The van der Waals surface area contributed by atoms with E-state index in [9.17, 15) is 0 Å². The molecule has 0 saturated carbocycles. The number of benzene rings is 5. The molecular formula is C35H22N2OS. The Balaban J connectivity index is 1.22. The highest BCUT2D eigenvalue weighted by Crippen LogP contribution is 2.41. The third kappa shape index (κ3) is 3.01. The molecule has 9 rings (SSSR count). The summed E-state index contributed by atoms with van der Waals surface area (Å²) in [6.07, 6.45) is 6.73. The molecule has 0 unspecified atom stereocenters. The average Bonchev–Trinajstić information content (AvgIpc) is 3.68. The molecule has 5 aromatic carbocycles. The average molecular weight is 519 g/mol. The molecule has 4 heteroatoms. The Labute approximate surface area is 228 Å². The lowest BCUT2D eigenvalue weighted by molar-refractivity contribution is 0.669. The van der Waals surface area contributed by atoms with Crippen LogP contribution in [0.3, 0.4) is 0 Å². The van der Waals surface area contributed by atoms with Crippen molar-refractivity contribution in [2.24, 2.45) is 0 Å². The van der Waals surface area contributed by atoms with Crippen LogP contribution in [-0.2, 0) is 6.42 Å². The van der Waals surface area contributed by atoms with E-state index < -0.39 is 0 Å². The van der Waals surface area contributed by atoms with Crippen LogP contribution in [0.1, 0.15) is 17.7 Å². The van der Waals surface area contributed by atoms with Gasteiger partial charge in [-0.15, -0.1) is 11.3 Å². The van der Waals surface area contributed by atoms with Gasteiger partial charge in [-0.1, -0.05) is 66.7 Å². The number of allylic oxidation sites excluding steroid dienone is 1. The lowest BCUT2D eigenvalue weighted by Gasteiger charge is -2.14. The van der Waals surface area contributed by atoms with E-state index in [0.717, 1.165) is 50.9 Å². The van der Waals surface area contributed by atoms with Crippen LogP contribution in [0.2, 0.25) is 0 Å². The predicted octanol–water partition coefficient (Wildman–Crippen LogP) is 9.92. The van der Waals surface area contributed by atoms with Crippen molar-refractivity contribution < 1.29 is 4.42 Å². The fourth-order valence-corrected chi connectivity index (χ4v) is 7.46. The number of hydrogen-bond acceptors (Lipinski definition) is 3. The Morgan fingerprint density at radius 1 is 0.744 bits per heavy atom. The van der Waals surface area contributed by atoms with Crippen LogP contribution in [0.15, 0.2) is 108 Å². The van der Waals surface area contributed by atoms with Gasteiger partial charge in [-0.2, -0.15) is 0 Å². The zero-order valence-electron chi connectivity index (χ0n) is 21.0. The van der Waals surface area contributed by atoms with Crippen molar-refractivity contribution in [2.45, 2.75) is 12.8 Å². The number of hydrogen-bond donors (Lipinski definition) is 0. The predicted molar refractivity (Wildman–Crippen MR) is 164 cm³/mol.